The van der Waals surface area contributed by atoms with E-state index in [0.717, 1.165) is 6.07 Å². The zero-order chi connectivity index (χ0) is 15.7. The average molecular weight is 305 g/mol. The van der Waals surface area contributed by atoms with Crippen LogP contribution >= 0.6 is 0 Å². The van der Waals surface area contributed by atoms with Crippen LogP contribution in [-0.4, -0.2) is 21.8 Å². The molecule has 0 atom stereocenters. The third-order valence-electron chi connectivity index (χ3n) is 3.23. The molecule has 2 heterocycles. The van der Waals surface area contributed by atoms with E-state index < -0.39 is 11.6 Å². The molecular formula is C15H13F2N3O2. The number of imidazole rings is 1. The highest BCUT2D eigenvalue weighted by atomic mass is 19.1. The molecule has 0 N–H and O–H groups in total. The topological polar surface area (TPSA) is 53.1 Å². The van der Waals surface area contributed by atoms with Crippen LogP contribution in [0.15, 0.2) is 35.1 Å². The maximum absolute atomic E-state index is 14.0. The number of aromatic nitrogens is 3. The molecule has 0 amide bonds. The normalized spacial score (nSPS) is 11.1. The molecule has 0 aliphatic carbocycles. The van der Waals surface area contributed by atoms with Crippen molar-refractivity contribution in [3.8, 4) is 17.1 Å². The molecule has 0 saturated heterocycles. The van der Waals surface area contributed by atoms with Gasteiger partial charge in [-0.2, -0.15) is 0 Å². The molecule has 0 unspecified atom stereocenters. The molecule has 0 aliphatic heterocycles. The SMILES string of the molecule is COCc1onc(C)c1-n1ccnc1-c1ccc(F)cc1F. The van der Waals surface area contributed by atoms with Crippen LogP contribution in [0.25, 0.3) is 17.1 Å². The van der Waals surface area contributed by atoms with Crippen molar-refractivity contribution in [3.63, 3.8) is 0 Å². The van der Waals surface area contributed by atoms with Crippen molar-refractivity contribution >= 4 is 0 Å². The van der Waals surface area contributed by atoms with E-state index in [1.807, 2.05) is 0 Å². The van der Waals surface area contributed by atoms with Gasteiger partial charge in [-0.25, -0.2) is 13.8 Å². The molecule has 0 bridgehead atoms. The standard InChI is InChI=1S/C15H13F2N3O2/c1-9-14(13(8-21-2)22-19-9)20-6-5-18-15(20)11-4-3-10(16)7-12(11)17/h3-7H,8H2,1-2H3. The molecule has 1 aromatic carbocycles. The minimum Gasteiger partial charge on any atom is -0.377 e. The van der Waals surface area contributed by atoms with Crippen LogP contribution in [-0.2, 0) is 11.3 Å². The van der Waals surface area contributed by atoms with Crippen molar-refractivity contribution in [2.24, 2.45) is 0 Å². The second-order valence-corrected chi connectivity index (χ2v) is 4.72. The Bertz CT molecular complexity index is 811. The fourth-order valence-electron chi connectivity index (χ4n) is 2.30. The smallest absolute Gasteiger partial charge is 0.186 e. The molecule has 2 aromatic heterocycles. The van der Waals surface area contributed by atoms with Gasteiger partial charge in [-0.3, -0.25) is 4.57 Å². The van der Waals surface area contributed by atoms with E-state index in [0.29, 0.717) is 23.0 Å². The van der Waals surface area contributed by atoms with Crippen LogP contribution in [0.1, 0.15) is 11.5 Å². The molecule has 5 nitrogen and oxygen atoms in total. The summed E-state index contributed by atoms with van der Waals surface area (Å²) in [5.74, 6) is -0.488. The lowest BCUT2D eigenvalue weighted by atomic mass is 10.2. The summed E-state index contributed by atoms with van der Waals surface area (Å²) in [6, 6.07) is 3.36. The fraction of sp³-hybridized carbons (Fsp3) is 0.200. The predicted octanol–water partition coefficient (Wildman–Crippen LogP) is 3.26. The number of benzene rings is 1. The molecule has 0 fully saturated rings. The first-order chi connectivity index (χ1) is 10.6. The van der Waals surface area contributed by atoms with Gasteiger partial charge in [0.05, 0.1) is 5.56 Å². The van der Waals surface area contributed by atoms with Crippen molar-refractivity contribution in [3.05, 3.63) is 53.7 Å². The Balaban J connectivity index is 2.16. The van der Waals surface area contributed by atoms with Gasteiger partial charge in [0.25, 0.3) is 0 Å². The highest BCUT2D eigenvalue weighted by Crippen LogP contribution is 2.28. The van der Waals surface area contributed by atoms with Gasteiger partial charge in [-0.1, -0.05) is 5.16 Å². The minimum absolute atomic E-state index is 0.190. The zero-order valence-corrected chi connectivity index (χ0v) is 12.0. The monoisotopic (exact) mass is 305 g/mol. The van der Waals surface area contributed by atoms with Gasteiger partial charge >= 0.3 is 0 Å². The van der Waals surface area contributed by atoms with Crippen LogP contribution in [0.4, 0.5) is 8.78 Å². The molecule has 0 aliphatic rings. The Labute approximate surface area is 125 Å². The molecule has 3 rings (SSSR count). The summed E-state index contributed by atoms with van der Waals surface area (Å²) in [4.78, 5) is 4.17. The highest BCUT2D eigenvalue weighted by Gasteiger charge is 2.20. The van der Waals surface area contributed by atoms with Gasteiger partial charge in [0.15, 0.2) is 5.76 Å². The van der Waals surface area contributed by atoms with E-state index in [2.05, 4.69) is 10.1 Å². The molecule has 22 heavy (non-hydrogen) atoms. The van der Waals surface area contributed by atoms with Crippen LogP contribution in [0.3, 0.4) is 0 Å². The number of rotatable bonds is 4. The Hall–Kier alpha value is -2.54. The number of methoxy groups -OCH3 is 1. The lowest BCUT2D eigenvalue weighted by Crippen LogP contribution is -2.02. The maximum Gasteiger partial charge on any atom is 0.186 e. The largest absolute Gasteiger partial charge is 0.377 e. The summed E-state index contributed by atoms with van der Waals surface area (Å²) >= 11 is 0. The van der Waals surface area contributed by atoms with Gasteiger partial charge in [0.1, 0.15) is 35.4 Å². The van der Waals surface area contributed by atoms with Gasteiger partial charge in [0, 0.05) is 25.6 Å². The number of hydrogen-bond donors (Lipinski definition) is 0. The predicted molar refractivity (Wildman–Crippen MR) is 74.4 cm³/mol. The van der Waals surface area contributed by atoms with Gasteiger partial charge in [0.2, 0.25) is 0 Å². The van der Waals surface area contributed by atoms with E-state index in [9.17, 15) is 8.78 Å². The summed E-state index contributed by atoms with van der Waals surface area (Å²) in [6.45, 7) is 1.99. The summed E-state index contributed by atoms with van der Waals surface area (Å²) in [5, 5.41) is 3.91. The summed E-state index contributed by atoms with van der Waals surface area (Å²) < 4.78 is 39.1. The Kier molecular flexibility index (Phi) is 3.72. The molecule has 114 valence electrons. The molecule has 3 aromatic rings. The van der Waals surface area contributed by atoms with E-state index in [1.165, 1.54) is 25.4 Å². The lowest BCUT2D eigenvalue weighted by molar-refractivity contribution is 0.155. The molecular weight excluding hydrogens is 292 g/mol. The Morgan fingerprint density at radius 2 is 2.14 bits per heavy atom. The van der Waals surface area contributed by atoms with Crippen LogP contribution in [0.2, 0.25) is 0 Å². The number of halogens is 2. The minimum atomic E-state index is -0.685. The van der Waals surface area contributed by atoms with E-state index in [1.54, 1.807) is 17.7 Å². The van der Waals surface area contributed by atoms with Gasteiger partial charge in [-0.05, 0) is 19.1 Å². The first-order valence-corrected chi connectivity index (χ1v) is 6.55. The fourth-order valence-corrected chi connectivity index (χ4v) is 2.30. The molecule has 7 heteroatoms. The lowest BCUT2D eigenvalue weighted by Gasteiger charge is -2.09. The summed E-state index contributed by atoms with van der Waals surface area (Å²) in [7, 11) is 1.54. The Morgan fingerprint density at radius 3 is 2.86 bits per heavy atom. The third kappa shape index (κ3) is 2.39. The number of ether oxygens (including phenoxy) is 1. The second kappa shape index (κ2) is 5.69. The Morgan fingerprint density at radius 1 is 1.32 bits per heavy atom. The quantitative estimate of drug-likeness (QED) is 0.742. The van der Waals surface area contributed by atoms with Crippen LogP contribution in [0.5, 0.6) is 0 Å². The first-order valence-electron chi connectivity index (χ1n) is 6.55. The van der Waals surface area contributed by atoms with Crippen molar-refractivity contribution in [1.29, 1.82) is 0 Å². The number of nitrogens with zero attached hydrogens (tertiary/aromatic N) is 3. The molecule has 0 spiro atoms. The average Bonchev–Trinajstić information content (AvgIpc) is 3.06. The third-order valence-corrected chi connectivity index (χ3v) is 3.23. The zero-order valence-electron chi connectivity index (χ0n) is 12.0. The van der Waals surface area contributed by atoms with Crippen LogP contribution < -0.4 is 0 Å². The maximum atomic E-state index is 14.0. The van der Waals surface area contributed by atoms with E-state index in [4.69, 9.17) is 9.26 Å². The molecule has 0 radical (unpaired) electrons. The highest BCUT2D eigenvalue weighted by molar-refractivity contribution is 5.60. The summed E-state index contributed by atoms with van der Waals surface area (Å²) in [5.41, 5.74) is 1.45. The van der Waals surface area contributed by atoms with Crippen molar-refractivity contribution in [2.45, 2.75) is 13.5 Å². The van der Waals surface area contributed by atoms with Crippen LogP contribution in [0, 0.1) is 18.6 Å². The number of aryl methyl sites for hydroxylation is 1. The van der Waals surface area contributed by atoms with Gasteiger partial charge < -0.3 is 9.26 Å². The number of hydrogen-bond acceptors (Lipinski definition) is 4. The van der Waals surface area contributed by atoms with Crippen molar-refractivity contribution < 1.29 is 18.0 Å². The summed E-state index contributed by atoms with van der Waals surface area (Å²) in [6.07, 6.45) is 3.19. The van der Waals surface area contributed by atoms with Gasteiger partial charge in [-0.15, -0.1) is 0 Å². The van der Waals surface area contributed by atoms with E-state index >= 15 is 0 Å². The van der Waals surface area contributed by atoms with Crippen molar-refractivity contribution in [2.75, 3.05) is 7.11 Å². The second-order valence-electron chi connectivity index (χ2n) is 4.72. The first kappa shape index (κ1) is 14.4. The van der Waals surface area contributed by atoms with E-state index in [-0.39, 0.29) is 12.2 Å². The molecule has 0 saturated carbocycles. The van der Waals surface area contributed by atoms with Crippen molar-refractivity contribution in [1.82, 2.24) is 14.7 Å².